The van der Waals surface area contributed by atoms with Gasteiger partial charge in [0.1, 0.15) is 0 Å². The maximum Gasteiger partial charge on any atom is 0.256 e. The lowest BCUT2D eigenvalue weighted by Gasteiger charge is -2.06. The molecule has 0 saturated heterocycles. The largest absolute Gasteiger partial charge is 0.384 e. The Kier molecular flexibility index (Phi) is 5.74. The van der Waals surface area contributed by atoms with Crippen LogP contribution in [-0.2, 0) is 14.6 Å². The molecule has 0 unspecified atom stereocenters. The Hall–Kier alpha value is -2.19. The topological polar surface area (TPSA) is 101 Å². The number of aromatic amines is 1. The molecule has 0 saturated carbocycles. The number of benzene rings is 1. The summed E-state index contributed by atoms with van der Waals surface area (Å²) in [5, 5.41) is 9.56. The second-order valence-corrected chi connectivity index (χ2v) is 7.76. The molecule has 0 aliphatic heterocycles. The monoisotopic (exact) mass is 351 g/mol. The van der Waals surface area contributed by atoms with Gasteiger partial charge in [0.15, 0.2) is 15.7 Å². The molecule has 2 aromatic rings. The molecule has 130 valence electrons. The third-order valence-corrected chi connectivity index (χ3v) is 5.19. The minimum atomic E-state index is -3.40. The van der Waals surface area contributed by atoms with Crippen LogP contribution >= 0.6 is 0 Å². The Morgan fingerprint density at radius 2 is 1.96 bits per heavy atom. The van der Waals surface area contributed by atoms with Crippen molar-refractivity contribution in [2.24, 2.45) is 0 Å². The average molecular weight is 351 g/mol. The number of anilines is 1. The van der Waals surface area contributed by atoms with Crippen LogP contribution in [0.1, 0.15) is 35.8 Å². The van der Waals surface area contributed by atoms with Crippen molar-refractivity contribution in [1.29, 1.82) is 0 Å². The molecule has 0 fully saturated rings. The van der Waals surface area contributed by atoms with E-state index in [-0.39, 0.29) is 29.1 Å². The molecule has 0 spiro atoms. The van der Waals surface area contributed by atoms with Crippen molar-refractivity contribution in [3.63, 3.8) is 0 Å². The highest BCUT2D eigenvalue weighted by atomic mass is 32.2. The molecule has 1 aromatic heterocycles. The first-order valence-electron chi connectivity index (χ1n) is 7.52. The number of carbonyl (C=O) groups excluding carboxylic acids is 1. The number of rotatable bonds is 7. The van der Waals surface area contributed by atoms with Gasteiger partial charge in [-0.3, -0.25) is 9.89 Å². The van der Waals surface area contributed by atoms with Gasteiger partial charge in [0, 0.05) is 24.4 Å². The van der Waals surface area contributed by atoms with Gasteiger partial charge in [-0.1, -0.05) is 13.8 Å². The van der Waals surface area contributed by atoms with Crippen LogP contribution in [0.25, 0.3) is 0 Å². The fourth-order valence-corrected chi connectivity index (χ4v) is 3.18. The van der Waals surface area contributed by atoms with Crippen LogP contribution in [-0.4, -0.2) is 44.0 Å². The van der Waals surface area contributed by atoms with Crippen molar-refractivity contribution >= 4 is 21.6 Å². The van der Waals surface area contributed by atoms with Gasteiger partial charge in [0.25, 0.3) is 5.91 Å². The molecule has 0 atom stereocenters. The summed E-state index contributed by atoms with van der Waals surface area (Å²) in [6.45, 7) is 4.16. The summed E-state index contributed by atoms with van der Waals surface area (Å²) >= 11 is 0. The molecule has 2 rings (SSSR count). The minimum Gasteiger partial charge on any atom is -0.384 e. The quantitative estimate of drug-likeness (QED) is 0.796. The van der Waals surface area contributed by atoms with Crippen molar-refractivity contribution in [2.75, 3.05) is 24.8 Å². The third-order valence-electron chi connectivity index (χ3n) is 3.49. The third kappa shape index (κ3) is 4.42. The minimum absolute atomic E-state index is 0.0969. The number of nitrogens with zero attached hydrogens (tertiary/aromatic N) is 1. The van der Waals surface area contributed by atoms with Gasteiger partial charge in [0.05, 0.1) is 17.3 Å². The highest BCUT2D eigenvalue weighted by molar-refractivity contribution is 7.91. The number of nitrogens with one attached hydrogen (secondary N) is 2. The first-order chi connectivity index (χ1) is 11.3. The second kappa shape index (κ2) is 7.59. The molecule has 1 heterocycles. The molecule has 0 aliphatic rings. The molecule has 2 N–H and O–H groups in total. The van der Waals surface area contributed by atoms with E-state index in [0.29, 0.717) is 11.4 Å². The first-order valence-corrected chi connectivity index (χ1v) is 9.17. The molecule has 0 aliphatic carbocycles. The van der Waals surface area contributed by atoms with E-state index in [0.717, 1.165) is 5.69 Å². The molecule has 0 bridgehead atoms. The van der Waals surface area contributed by atoms with Gasteiger partial charge in [-0.2, -0.15) is 5.10 Å². The number of H-pyrrole nitrogens is 1. The van der Waals surface area contributed by atoms with E-state index < -0.39 is 9.84 Å². The highest BCUT2D eigenvalue weighted by Gasteiger charge is 2.15. The predicted molar refractivity (Wildman–Crippen MR) is 91.0 cm³/mol. The van der Waals surface area contributed by atoms with Crippen molar-refractivity contribution in [2.45, 2.75) is 24.7 Å². The summed E-state index contributed by atoms with van der Waals surface area (Å²) in [5.41, 5.74) is 1.28. The Labute approximate surface area is 141 Å². The van der Waals surface area contributed by atoms with Crippen molar-refractivity contribution in [3.8, 4) is 0 Å². The summed E-state index contributed by atoms with van der Waals surface area (Å²) in [5.74, 6) is 0.262. The molecule has 1 amide bonds. The number of carbonyl (C=O) groups is 1. The molecular weight excluding hydrogens is 330 g/mol. The number of ether oxygens (including phenoxy) is 1. The predicted octanol–water partition coefficient (Wildman–Crippen LogP) is 2.21. The maximum atomic E-state index is 12.2. The number of sulfone groups is 1. The van der Waals surface area contributed by atoms with E-state index in [9.17, 15) is 13.2 Å². The van der Waals surface area contributed by atoms with Crippen LogP contribution in [0.4, 0.5) is 5.82 Å². The van der Waals surface area contributed by atoms with Crippen molar-refractivity contribution < 1.29 is 17.9 Å². The number of aromatic nitrogens is 2. The maximum absolute atomic E-state index is 12.2. The van der Waals surface area contributed by atoms with E-state index in [2.05, 4.69) is 15.5 Å². The Balaban J connectivity index is 2.08. The van der Waals surface area contributed by atoms with E-state index in [1.54, 1.807) is 6.07 Å². The van der Waals surface area contributed by atoms with Gasteiger partial charge < -0.3 is 10.1 Å². The zero-order valence-corrected chi connectivity index (χ0v) is 14.7. The van der Waals surface area contributed by atoms with Crippen LogP contribution in [0.15, 0.2) is 35.2 Å². The van der Waals surface area contributed by atoms with E-state index in [1.807, 2.05) is 13.8 Å². The Morgan fingerprint density at radius 1 is 1.29 bits per heavy atom. The lowest BCUT2D eigenvalue weighted by molar-refractivity contribution is 0.102. The average Bonchev–Trinajstić information content (AvgIpc) is 3.02. The van der Waals surface area contributed by atoms with Crippen molar-refractivity contribution in [1.82, 2.24) is 10.2 Å². The normalized spacial score (nSPS) is 11.7. The number of hydrogen-bond acceptors (Lipinski definition) is 5. The molecule has 8 heteroatoms. The lowest BCUT2D eigenvalue weighted by atomic mass is 10.1. The molecule has 0 radical (unpaired) electrons. The van der Waals surface area contributed by atoms with E-state index in [1.165, 1.54) is 31.4 Å². The van der Waals surface area contributed by atoms with Gasteiger partial charge in [0.2, 0.25) is 0 Å². The molecule has 7 nitrogen and oxygen atoms in total. The summed E-state index contributed by atoms with van der Waals surface area (Å²) in [7, 11) is -1.96. The second-order valence-electron chi connectivity index (χ2n) is 5.65. The zero-order valence-electron chi connectivity index (χ0n) is 13.9. The van der Waals surface area contributed by atoms with Crippen LogP contribution in [0.2, 0.25) is 0 Å². The molecular formula is C16H21N3O4S. The summed E-state index contributed by atoms with van der Waals surface area (Å²) in [6.07, 6.45) is 0. The molecule has 24 heavy (non-hydrogen) atoms. The van der Waals surface area contributed by atoms with Gasteiger partial charge in [-0.05, 0) is 30.2 Å². The summed E-state index contributed by atoms with van der Waals surface area (Å²) in [4.78, 5) is 12.4. The van der Waals surface area contributed by atoms with Gasteiger partial charge >= 0.3 is 0 Å². The lowest BCUT2D eigenvalue weighted by Crippen LogP contribution is -2.14. The zero-order chi connectivity index (χ0) is 17.7. The fraction of sp³-hybridized carbons (Fsp3) is 0.375. The fourth-order valence-electron chi connectivity index (χ4n) is 2.01. The summed E-state index contributed by atoms with van der Waals surface area (Å²) in [6, 6.07) is 7.57. The highest BCUT2D eigenvalue weighted by Crippen LogP contribution is 2.17. The number of methoxy groups -OCH3 is 1. The molecule has 1 aromatic carbocycles. The van der Waals surface area contributed by atoms with E-state index >= 15 is 0 Å². The van der Waals surface area contributed by atoms with Gasteiger partial charge in [-0.15, -0.1) is 0 Å². The SMILES string of the molecule is COCCS(=O)(=O)c1ccc(C(=O)Nc2cc(C(C)C)[nH]n2)cc1. The first kappa shape index (κ1) is 18.2. The number of hydrogen-bond donors (Lipinski definition) is 2. The smallest absolute Gasteiger partial charge is 0.256 e. The van der Waals surface area contributed by atoms with Crippen LogP contribution < -0.4 is 5.32 Å². The van der Waals surface area contributed by atoms with E-state index in [4.69, 9.17) is 4.74 Å². The summed E-state index contributed by atoms with van der Waals surface area (Å²) < 4.78 is 28.9. The van der Waals surface area contributed by atoms with Crippen LogP contribution in [0.5, 0.6) is 0 Å². The Morgan fingerprint density at radius 3 is 2.50 bits per heavy atom. The van der Waals surface area contributed by atoms with Crippen LogP contribution in [0, 0.1) is 0 Å². The van der Waals surface area contributed by atoms with Crippen molar-refractivity contribution in [3.05, 3.63) is 41.6 Å². The van der Waals surface area contributed by atoms with Gasteiger partial charge in [-0.25, -0.2) is 8.42 Å². The van der Waals surface area contributed by atoms with Crippen LogP contribution in [0.3, 0.4) is 0 Å². The number of amides is 1. The standard InChI is InChI=1S/C16H21N3O4S/c1-11(2)14-10-15(19-18-14)17-16(20)12-4-6-13(7-5-12)24(21,22)9-8-23-3/h4-7,10-11H,8-9H2,1-3H3,(H2,17,18,19,20). The Bertz CT molecular complexity index is 795.